The van der Waals surface area contributed by atoms with Crippen molar-refractivity contribution in [1.29, 1.82) is 0 Å². The number of nitrogens with zero attached hydrogens (tertiary/aromatic N) is 3. The first-order valence-electron chi connectivity index (χ1n) is 7.74. The van der Waals surface area contributed by atoms with Crippen molar-refractivity contribution in [3.05, 3.63) is 41.5 Å². The van der Waals surface area contributed by atoms with Crippen LogP contribution >= 0.6 is 0 Å². The van der Waals surface area contributed by atoms with Crippen LogP contribution in [-0.2, 0) is 6.42 Å². The number of hydrogen-bond donors (Lipinski definition) is 2. The maximum absolute atomic E-state index is 5.27. The van der Waals surface area contributed by atoms with Gasteiger partial charge in [-0.25, -0.2) is 9.97 Å². The fourth-order valence-electron chi connectivity index (χ4n) is 2.56. The van der Waals surface area contributed by atoms with Gasteiger partial charge in [-0.05, 0) is 32.4 Å². The van der Waals surface area contributed by atoms with Gasteiger partial charge in [-0.2, -0.15) is 4.98 Å². The van der Waals surface area contributed by atoms with Crippen LogP contribution in [0.5, 0.6) is 5.88 Å². The third-order valence-electron chi connectivity index (χ3n) is 3.73. The second kappa shape index (κ2) is 6.64. The summed E-state index contributed by atoms with van der Waals surface area (Å²) < 4.78 is 5.27. The lowest BCUT2D eigenvalue weighted by molar-refractivity contribution is 0.392. The van der Waals surface area contributed by atoms with E-state index in [4.69, 9.17) is 4.74 Å². The van der Waals surface area contributed by atoms with Crippen molar-refractivity contribution in [3.63, 3.8) is 0 Å². The van der Waals surface area contributed by atoms with E-state index in [1.54, 1.807) is 7.11 Å². The third kappa shape index (κ3) is 3.41. The lowest BCUT2D eigenvalue weighted by atomic mass is 10.2. The molecule has 120 valence electrons. The van der Waals surface area contributed by atoms with Crippen molar-refractivity contribution >= 4 is 16.9 Å². The smallest absolute Gasteiger partial charge is 0.221 e. The van der Waals surface area contributed by atoms with E-state index in [9.17, 15) is 0 Å². The van der Waals surface area contributed by atoms with Gasteiger partial charge in [-0.15, -0.1) is 0 Å². The molecule has 3 rings (SSSR count). The van der Waals surface area contributed by atoms with Crippen LogP contribution in [0.3, 0.4) is 0 Å². The number of ether oxygens (including phenoxy) is 1. The van der Waals surface area contributed by atoms with Gasteiger partial charge < -0.3 is 15.0 Å². The molecule has 1 aromatic carbocycles. The zero-order valence-corrected chi connectivity index (χ0v) is 13.7. The van der Waals surface area contributed by atoms with E-state index in [-0.39, 0.29) is 0 Å². The van der Waals surface area contributed by atoms with E-state index in [0.717, 1.165) is 47.6 Å². The van der Waals surface area contributed by atoms with Crippen LogP contribution in [0.4, 0.5) is 5.82 Å². The molecule has 0 aliphatic heterocycles. The van der Waals surface area contributed by atoms with Crippen LogP contribution in [-0.4, -0.2) is 33.6 Å². The number of anilines is 1. The summed E-state index contributed by atoms with van der Waals surface area (Å²) >= 11 is 0. The highest BCUT2D eigenvalue weighted by Gasteiger charge is 2.09. The summed E-state index contributed by atoms with van der Waals surface area (Å²) in [5, 5.41) is 3.36. The van der Waals surface area contributed by atoms with Gasteiger partial charge in [-0.1, -0.05) is 12.1 Å². The third-order valence-corrected chi connectivity index (χ3v) is 3.73. The predicted molar refractivity (Wildman–Crippen MR) is 91.0 cm³/mol. The first-order chi connectivity index (χ1) is 11.2. The molecule has 0 saturated carbocycles. The van der Waals surface area contributed by atoms with Crippen molar-refractivity contribution < 1.29 is 4.74 Å². The molecule has 0 fully saturated rings. The first-order valence-corrected chi connectivity index (χ1v) is 7.74. The molecule has 2 aromatic heterocycles. The highest BCUT2D eigenvalue weighted by Crippen LogP contribution is 2.21. The molecule has 0 spiro atoms. The summed E-state index contributed by atoms with van der Waals surface area (Å²) in [5.74, 6) is 3.17. The van der Waals surface area contributed by atoms with Gasteiger partial charge in [0.15, 0.2) is 0 Å². The predicted octanol–water partition coefficient (Wildman–Crippen LogP) is 3.02. The zero-order chi connectivity index (χ0) is 16.2. The van der Waals surface area contributed by atoms with Gasteiger partial charge in [0.25, 0.3) is 0 Å². The molecule has 0 atom stereocenters. The van der Waals surface area contributed by atoms with E-state index in [2.05, 4.69) is 25.3 Å². The summed E-state index contributed by atoms with van der Waals surface area (Å²) in [5.41, 5.74) is 3.03. The van der Waals surface area contributed by atoms with Gasteiger partial charge in [0.2, 0.25) is 5.88 Å². The van der Waals surface area contributed by atoms with Crippen LogP contribution in [0.15, 0.2) is 24.3 Å². The molecule has 23 heavy (non-hydrogen) atoms. The van der Waals surface area contributed by atoms with Gasteiger partial charge in [0.05, 0.1) is 23.7 Å². The van der Waals surface area contributed by atoms with E-state index in [0.29, 0.717) is 11.7 Å². The molecule has 0 amide bonds. The molecule has 6 nitrogen and oxygen atoms in total. The van der Waals surface area contributed by atoms with Crippen LogP contribution in [0, 0.1) is 13.8 Å². The Hall–Kier alpha value is -2.63. The molecular weight excluding hydrogens is 290 g/mol. The first kappa shape index (κ1) is 15.3. The fraction of sp³-hybridized carbons (Fsp3) is 0.353. The number of aryl methyl sites for hydroxylation is 2. The average Bonchev–Trinajstić information content (AvgIpc) is 2.97. The summed E-state index contributed by atoms with van der Waals surface area (Å²) in [6.45, 7) is 4.64. The van der Waals surface area contributed by atoms with E-state index >= 15 is 0 Å². The number of benzene rings is 1. The number of methoxy groups -OCH3 is 1. The Labute approximate surface area is 135 Å². The van der Waals surface area contributed by atoms with Crippen LogP contribution < -0.4 is 10.1 Å². The monoisotopic (exact) mass is 311 g/mol. The average molecular weight is 311 g/mol. The lowest BCUT2D eigenvalue weighted by Crippen LogP contribution is -2.09. The Bertz CT molecular complexity index is 779. The molecule has 2 heterocycles. The SMILES string of the molecule is COc1nc(C)nc(NCCCc2nc3ccccc3[nH]2)c1C. The quantitative estimate of drug-likeness (QED) is 0.684. The van der Waals surface area contributed by atoms with Gasteiger partial charge in [-0.3, -0.25) is 0 Å². The number of fused-ring (bicyclic) bond motifs is 1. The highest BCUT2D eigenvalue weighted by atomic mass is 16.5. The van der Waals surface area contributed by atoms with Crippen molar-refractivity contribution in [2.45, 2.75) is 26.7 Å². The van der Waals surface area contributed by atoms with Crippen LogP contribution in [0.1, 0.15) is 23.6 Å². The van der Waals surface area contributed by atoms with E-state index < -0.39 is 0 Å². The zero-order valence-electron chi connectivity index (χ0n) is 13.7. The number of H-pyrrole nitrogens is 1. The molecule has 0 aliphatic rings. The van der Waals surface area contributed by atoms with E-state index in [1.165, 1.54) is 0 Å². The Morgan fingerprint density at radius 3 is 2.74 bits per heavy atom. The van der Waals surface area contributed by atoms with E-state index in [1.807, 2.05) is 38.1 Å². The number of aromatic amines is 1. The molecule has 0 aliphatic carbocycles. The maximum atomic E-state index is 5.27. The molecule has 0 radical (unpaired) electrons. The van der Waals surface area contributed by atoms with Crippen molar-refractivity contribution in [2.75, 3.05) is 19.0 Å². The Morgan fingerprint density at radius 2 is 1.96 bits per heavy atom. The molecule has 0 unspecified atom stereocenters. The largest absolute Gasteiger partial charge is 0.481 e. The Balaban J connectivity index is 1.58. The summed E-state index contributed by atoms with van der Waals surface area (Å²) in [6.07, 6.45) is 1.85. The summed E-state index contributed by atoms with van der Waals surface area (Å²) in [7, 11) is 1.63. The Morgan fingerprint density at radius 1 is 1.13 bits per heavy atom. The molecule has 2 N–H and O–H groups in total. The maximum Gasteiger partial charge on any atom is 0.221 e. The van der Waals surface area contributed by atoms with Gasteiger partial charge in [0.1, 0.15) is 17.5 Å². The fourth-order valence-corrected chi connectivity index (χ4v) is 2.56. The molecule has 0 bridgehead atoms. The molecule has 6 heteroatoms. The molecule has 0 saturated heterocycles. The van der Waals surface area contributed by atoms with Crippen LogP contribution in [0.2, 0.25) is 0 Å². The van der Waals surface area contributed by atoms with Crippen molar-refractivity contribution in [1.82, 2.24) is 19.9 Å². The minimum Gasteiger partial charge on any atom is -0.481 e. The standard InChI is InChI=1S/C17H21N5O/c1-11-16(19-12(2)20-17(11)23-3)18-10-6-9-15-21-13-7-4-5-8-14(13)22-15/h4-5,7-8H,6,9-10H2,1-3H3,(H,21,22)(H,18,19,20). The highest BCUT2D eigenvalue weighted by molar-refractivity contribution is 5.74. The molecular formula is C17H21N5O. The number of imidazole rings is 1. The van der Waals surface area contributed by atoms with Gasteiger partial charge >= 0.3 is 0 Å². The minimum atomic E-state index is 0.622. The second-order valence-electron chi connectivity index (χ2n) is 5.48. The number of nitrogens with one attached hydrogen (secondary N) is 2. The van der Waals surface area contributed by atoms with Crippen molar-refractivity contribution in [2.24, 2.45) is 0 Å². The number of hydrogen-bond acceptors (Lipinski definition) is 5. The van der Waals surface area contributed by atoms with Crippen LogP contribution in [0.25, 0.3) is 11.0 Å². The summed E-state index contributed by atoms with van der Waals surface area (Å²) in [6, 6.07) is 8.08. The normalized spacial score (nSPS) is 10.9. The van der Waals surface area contributed by atoms with Crippen molar-refractivity contribution in [3.8, 4) is 5.88 Å². The molecule has 3 aromatic rings. The number of para-hydroxylation sites is 2. The lowest BCUT2D eigenvalue weighted by Gasteiger charge is -2.11. The number of rotatable bonds is 6. The number of aromatic nitrogens is 4. The van der Waals surface area contributed by atoms with Gasteiger partial charge in [0, 0.05) is 13.0 Å². The topological polar surface area (TPSA) is 75.7 Å². The summed E-state index contributed by atoms with van der Waals surface area (Å²) in [4.78, 5) is 16.6. The second-order valence-corrected chi connectivity index (χ2v) is 5.48. The Kier molecular flexibility index (Phi) is 4.41. The minimum absolute atomic E-state index is 0.622.